The highest BCUT2D eigenvalue weighted by molar-refractivity contribution is 7.92. The molecule has 0 amide bonds. The number of benzene rings is 1. The number of hydrogen-bond acceptors (Lipinski definition) is 3. The number of H-pyrrole nitrogens is 1. The molecule has 9 heteroatoms. The second kappa shape index (κ2) is 5.17. The van der Waals surface area contributed by atoms with Crippen molar-refractivity contribution in [2.75, 3.05) is 4.72 Å². The first kappa shape index (κ1) is 15.0. The molecular weight excluding hydrogens is 306 g/mol. The molecule has 1 aromatic heterocycles. The van der Waals surface area contributed by atoms with Crippen LogP contribution in [0.25, 0.3) is 0 Å². The predicted octanol–water partition coefficient (Wildman–Crippen LogP) is 2.10. The number of sulfonamides is 1. The van der Waals surface area contributed by atoms with Gasteiger partial charge in [-0.2, -0.15) is 0 Å². The van der Waals surface area contributed by atoms with E-state index in [4.69, 9.17) is 5.11 Å². The average molecular weight is 316 g/mol. The van der Waals surface area contributed by atoms with Gasteiger partial charge in [0, 0.05) is 18.0 Å². The summed E-state index contributed by atoms with van der Waals surface area (Å²) in [5.74, 6) is -3.53. The molecule has 0 saturated heterocycles. The zero-order chi connectivity index (χ0) is 15.8. The maximum Gasteiger partial charge on any atom is 0.339 e. The molecule has 0 atom stereocenters. The molecule has 0 fully saturated rings. The maximum atomic E-state index is 13.5. The zero-order valence-electron chi connectivity index (χ0n) is 10.6. The number of carboxylic acids is 1. The second-order valence-electron chi connectivity index (χ2n) is 4.19. The van der Waals surface area contributed by atoms with E-state index in [0.717, 1.165) is 18.3 Å². The van der Waals surface area contributed by atoms with Gasteiger partial charge in [0.2, 0.25) is 0 Å². The lowest BCUT2D eigenvalue weighted by Crippen LogP contribution is -2.16. The van der Waals surface area contributed by atoms with Crippen molar-refractivity contribution < 1.29 is 27.1 Å². The summed E-state index contributed by atoms with van der Waals surface area (Å²) in [5.41, 5.74) is -0.274. The van der Waals surface area contributed by atoms with Crippen molar-refractivity contribution >= 4 is 21.7 Å². The number of carbonyl (C=O) groups is 1. The Hall–Kier alpha value is -2.42. The molecule has 21 heavy (non-hydrogen) atoms. The Morgan fingerprint density at radius 3 is 2.57 bits per heavy atom. The Kier molecular flexibility index (Phi) is 3.69. The van der Waals surface area contributed by atoms with Gasteiger partial charge >= 0.3 is 5.97 Å². The summed E-state index contributed by atoms with van der Waals surface area (Å²) in [7, 11) is -4.38. The number of aromatic carboxylic acids is 1. The molecule has 0 spiro atoms. The zero-order valence-corrected chi connectivity index (χ0v) is 11.5. The quantitative estimate of drug-likeness (QED) is 0.804. The molecule has 0 bridgehead atoms. The number of hydrogen-bond donors (Lipinski definition) is 3. The van der Waals surface area contributed by atoms with Gasteiger partial charge in [0.1, 0.15) is 22.1 Å². The van der Waals surface area contributed by atoms with Crippen molar-refractivity contribution in [2.45, 2.75) is 11.8 Å². The first-order chi connectivity index (χ1) is 9.72. The standard InChI is InChI=1S/C12H10F2N2O4S/c1-6-11(12(17)18)9(5-15-6)16-21(19,20)10-3-2-7(13)4-8(10)14/h2-5,15-16H,1H3,(H,17,18). The third-order valence-electron chi connectivity index (χ3n) is 2.72. The number of carboxylic acid groups (broad SMARTS) is 1. The number of rotatable bonds is 4. The van der Waals surface area contributed by atoms with Gasteiger partial charge in [0.25, 0.3) is 10.0 Å². The van der Waals surface area contributed by atoms with Gasteiger partial charge in [0.15, 0.2) is 0 Å². The number of aromatic amines is 1. The van der Waals surface area contributed by atoms with Crippen LogP contribution in [0, 0.1) is 18.6 Å². The molecule has 0 radical (unpaired) electrons. The van der Waals surface area contributed by atoms with E-state index in [1.54, 1.807) is 0 Å². The summed E-state index contributed by atoms with van der Waals surface area (Å²) in [4.78, 5) is 12.8. The van der Waals surface area contributed by atoms with Crippen molar-refractivity contribution in [1.82, 2.24) is 4.98 Å². The van der Waals surface area contributed by atoms with E-state index < -0.39 is 32.5 Å². The van der Waals surface area contributed by atoms with Gasteiger partial charge in [-0.05, 0) is 19.1 Å². The Morgan fingerprint density at radius 1 is 1.33 bits per heavy atom. The van der Waals surface area contributed by atoms with Crippen molar-refractivity contribution in [3.8, 4) is 0 Å². The second-order valence-corrected chi connectivity index (χ2v) is 5.84. The van der Waals surface area contributed by atoms with Crippen molar-refractivity contribution in [2.24, 2.45) is 0 Å². The molecule has 3 N–H and O–H groups in total. The van der Waals surface area contributed by atoms with E-state index in [2.05, 4.69) is 4.98 Å². The van der Waals surface area contributed by atoms with E-state index in [1.807, 2.05) is 4.72 Å². The van der Waals surface area contributed by atoms with Gasteiger partial charge < -0.3 is 10.1 Å². The Balaban J connectivity index is 2.45. The van der Waals surface area contributed by atoms with Crippen LogP contribution >= 0.6 is 0 Å². The predicted molar refractivity (Wildman–Crippen MR) is 69.7 cm³/mol. The summed E-state index contributed by atoms with van der Waals surface area (Å²) in [6.45, 7) is 1.44. The number of anilines is 1. The normalized spacial score (nSPS) is 11.4. The van der Waals surface area contributed by atoms with Gasteiger partial charge in [-0.3, -0.25) is 4.72 Å². The lowest BCUT2D eigenvalue weighted by atomic mass is 10.2. The lowest BCUT2D eigenvalue weighted by molar-refractivity contribution is 0.0697. The van der Waals surface area contributed by atoms with Gasteiger partial charge in [-0.1, -0.05) is 0 Å². The summed E-state index contributed by atoms with van der Waals surface area (Å²) < 4.78 is 52.4. The van der Waals surface area contributed by atoms with Crippen LogP contribution in [0.15, 0.2) is 29.3 Å². The minimum atomic E-state index is -4.38. The van der Waals surface area contributed by atoms with Gasteiger partial charge in [-0.15, -0.1) is 0 Å². The molecule has 1 heterocycles. The fraction of sp³-hybridized carbons (Fsp3) is 0.0833. The fourth-order valence-electron chi connectivity index (χ4n) is 1.78. The molecule has 0 aliphatic carbocycles. The van der Waals surface area contributed by atoms with Crippen LogP contribution in [0.4, 0.5) is 14.5 Å². The minimum Gasteiger partial charge on any atom is -0.478 e. The van der Waals surface area contributed by atoms with E-state index >= 15 is 0 Å². The number of aromatic nitrogens is 1. The van der Waals surface area contributed by atoms with E-state index in [1.165, 1.54) is 6.92 Å². The largest absolute Gasteiger partial charge is 0.478 e. The third kappa shape index (κ3) is 2.87. The monoisotopic (exact) mass is 316 g/mol. The smallest absolute Gasteiger partial charge is 0.339 e. The lowest BCUT2D eigenvalue weighted by Gasteiger charge is -2.08. The van der Waals surface area contributed by atoms with Crippen LogP contribution in [0.1, 0.15) is 16.1 Å². The summed E-state index contributed by atoms with van der Waals surface area (Å²) in [5, 5.41) is 9.02. The van der Waals surface area contributed by atoms with Crippen LogP contribution in [0.5, 0.6) is 0 Å². The number of nitrogens with one attached hydrogen (secondary N) is 2. The molecule has 2 rings (SSSR count). The maximum absolute atomic E-state index is 13.5. The van der Waals surface area contributed by atoms with Crippen LogP contribution in [0.2, 0.25) is 0 Å². The van der Waals surface area contributed by atoms with Crippen LogP contribution in [-0.4, -0.2) is 24.5 Å². The molecule has 112 valence electrons. The summed E-state index contributed by atoms with van der Waals surface area (Å²) in [6, 6.07) is 1.97. The van der Waals surface area contributed by atoms with Gasteiger partial charge in [0.05, 0.1) is 5.69 Å². The van der Waals surface area contributed by atoms with Crippen LogP contribution in [-0.2, 0) is 10.0 Å². The molecule has 0 aliphatic rings. The van der Waals surface area contributed by atoms with E-state index in [9.17, 15) is 22.0 Å². The summed E-state index contributed by atoms with van der Waals surface area (Å²) >= 11 is 0. The number of aryl methyl sites for hydroxylation is 1. The van der Waals surface area contributed by atoms with Crippen LogP contribution < -0.4 is 4.72 Å². The first-order valence-corrected chi connectivity index (χ1v) is 7.10. The van der Waals surface area contributed by atoms with E-state index in [0.29, 0.717) is 6.07 Å². The van der Waals surface area contributed by atoms with E-state index in [-0.39, 0.29) is 16.9 Å². The van der Waals surface area contributed by atoms with Crippen LogP contribution in [0.3, 0.4) is 0 Å². The SMILES string of the molecule is Cc1[nH]cc(NS(=O)(=O)c2ccc(F)cc2F)c1C(=O)O. The number of halogens is 2. The average Bonchev–Trinajstić information content (AvgIpc) is 2.68. The molecule has 0 aliphatic heterocycles. The fourth-order valence-corrected chi connectivity index (χ4v) is 2.90. The molecular formula is C12H10F2N2O4S. The third-order valence-corrected chi connectivity index (χ3v) is 4.12. The van der Waals surface area contributed by atoms with Crippen molar-refractivity contribution in [1.29, 1.82) is 0 Å². The highest BCUT2D eigenvalue weighted by atomic mass is 32.2. The first-order valence-electron chi connectivity index (χ1n) is 5.61. The minimum absolute atomic E-state index is 0.233. The van der Waals surface area contributed by atoms with Crippen molar-refractivity contribution in [3.05, 3.63) is 47.3 Å². The van der Waals surface area contributed by atoms with Crippen molar-refractivity contribution in [3.63, 3.8) is 0 Å². The highest BCUT2D eigenvalue weighted by Gasteiger charge is 2.24. The highest BCUT2D eigenvalue weighted by Crippen LogP contribution is 2.24. The summed E-state index contributed by atoms with van der Waals surface area (Å²) in [6.07, 6.45) is 1.14. The Bertz CT molecular complexity index is 815. The topological polar surface area (TPSA) is 99.3 Å². The molecule has 1 aromatic carbocycles. The Morgan fingerprint density at radius 2 is 2.00 bits per heavy atom. The molecule has 0 saturated carbocycles. The molecule has 2 aromatic rings. The Labute approximate surface area is 118 Å². The molecule has 6 nitrogen and oxygen atoms in total. The van der Waals surface area contributed by atoms with Gasteiger partial charge in [-0.25, -0.2) is 22.0 Å². The molecule has 0 unspecified atom stereocenters.